The minimum Gasteiger partial charge on any atom is -0.324 e. The van der Waals surface area contributed by atoms with Gasteiger partial charge in [-0.1, -0.05) is 17.7 Å². The standard InChI is InChI=1S/C12H14ClN5O/c1-7-4-8(2)12(9(13)5-7)14-11(19)6-10-15-16-17-18(10)3/h4-5H,6H2,1-3H3,(H,14,19). The van der Waals surface area contributed by atoms with Gasteiger partial charge in [0.25, 0.3) is 0 Å². The quantitative estimate of drug-likeness (QED) is 0.927. The first-order chi connectivity index (χ1) is 8.97. The van der Waals surface area contributed by atoms with Gasteiger partial charge in [0, 0.05) is 7.05 Å². The van der Waals surface area contributed by atoms with Gasteiger partial charge in [-0.2, -0.15) is 0 Å². The molecule has 0 bridgehead atoms. The van der Waals surface area contributed by atoms with Crippen molar-refractivity contribution in [3.05, 3.63) is 34.1 Å². The molecule has 0 unspecified atom stereocenters. The van der Waals surface area contributed by atoms with Crippen LogP contribution in [-0.2, 0) is 18.3 Å². The molecule has 1 heterocycles. The maximum atomic E-state index is 11.9. The van der Waals surface area contributed by atoms with E-state index < -0.39 is 0 Å². The van der Waals surface area contributed by atoms with Crippen molar-refractivity contribution < 1.29 is 4.79 Å². The van der Waals surface area contributed by atoms with Crippen LogP contribution in [0.1, 0.15) is 17.0 Å². The summed E-state index contributed by atoms with van der Waals surface area (Å²) in [4.78, 5) is 11.9. The Hall–Kier alpha value is -1.95. The van der Waals surface area contributed by atoms with Gasteiger partial charge in [-0.3, -0.25) is 4.79 Å². The molecule has 0 aliphatic heterocycles. The Balaban J connectivity index is 2.14. The van der Waals surface area contributed by atoms with Crippen molar-refractivity contribution in [3.8, 4) is 0 Å². The number of aromatic nitrogens is 4. The largest absolute Gasteiger partial charge is 0.324 e. The molecular weight excluding hydrogens is 266 g/mol. The van der Waals surface area contributed by atoms with Crippen LogP contribution in [0.25, 0.3) is 0 Å². The summed E-state index contributed by atoms with van der Waals surface area (Å²) < 4.78 is 1.46. The molecule has 6 nitrogen and oxygen atoms in total. The number of tetrazole rings is 1. The number of nitrogens with one attached hydrogen (secondary N) is 1. The van der Waals surface area contributed by atoms with Crippen LogP contribution in [0.4, 0.5) is 5.69 Å². The smallest absolute Gasteiger partial charge is 0.232 e. The fourth-order valence-electron chi connectivity index (χ4n) is 1.80. The number of carbonyl (C=O) groups is 1. The van der Waals surface area contributed by atoms with Crippen molar-refractivity contribution in [2.45, 2.75) is 20.3 Å². The van der Waals surface area contributed by atoms with Crippen molar-refractivity contribution in [1.29, 1.82) is 0 Å². The average Bonchev–Trinajstić information content (AvgIpc) is 2.69. The molecule has 0 saturated heterocycles. The Bertz CT molecular complexity index is 599. The van der Waals surface area contributed by atoms with Crippen LogP contribution in [-0.4, -0.2) is 26.1 Å². The van der Waals surface area contributed by atoms with Crippen molar-refractivity contribution >= 4 is 23.2 Å². The third-order valence-corrected chi connectivity index (χ3v) is 3.02. The SMILES string of the molecule is Cc1cc(C)c(NC(=O)Cc2nnnn2C)c(Cl)c1. The molecule has 0 aliphatic carbocycles. The van der Waals surface area contributed by atoms with Crippen LogP contribution >= 0.6 is 11.6 Å². The second-order valence-electron chi connectivity index (χ2n) is 4.38. The number of halogens is 1. The number of hydrogen-bond acceptors (Lipinski definition) is 4. The first-order valence-corrected chi connectivity index (χ1v) is 6.13. The fourth-order valence-corrected chi connectivity index (χ4v) is 2.17. The first-order valence-electron chi connectivity index (χ1n) is 5.75. The summed E-state index contributed by atoms with van der Waals surface area (Å²) in [5.41, 5.74) is 2.61. The van der Waals surface area contributed by atoms with Crippen molar-refractivity contribution in [3.63, 3.8) is 0 Å². The number of nitrogens with zero attached hydrogens (tertiary/aromatic N) is 4. The molecule has 0 radical (unpaired) electrons. The van der Waals surface area contributed by atoms with Gasteiger partial charge in [0.2, 0.25) is 5.91 Å². The zero-order valence-electron chi connectivity index (χ0n) is 10.9. The fraction of sp³-hybridized carbons (Fsp3) is 0.333. The lowest BCUT2D eigenvalue weighted by atomic mass is 10.1. The van der Waals surface area contributed by atoms with E-state index >= 15 is 0 Å². The molecule has 1 N–H and O–H groups in total. The minimum atomic E-state index is -0.202. The summed E-state index contributed by atoms with van der Waals surface area (Å²) in [6.45, 7) is 3.86. The summed E-state index contributed by atoms with van der Waals surface area (Å²) in [6.07, 6.45) is 0.104. The summed E-state index contributed by atoms with van der Waals surface area (Å²) in [5, 5.41) is 14.2. The van der Waals surface area contributed by atoms with Gasteiger partial charge in [0.05, 0.1) is 17.1 Å². The molecule has 0 saturated carbocycles. The second kappa shape index (κ2) is 5.36. The molecule has 0 fully saturated rings. The number of benzene rings is 1. The number of hydrogen-bond donors (Lipinski definition) is 1. The van der Waals surface area contributed by atoms with Crippen LogP contribution in [0.15, 0.2) is 12.1 Å². The van der Waals surface area contributed by atoms with E-state index in [1.54, 1.807) is 7.05 Å². The highest BCUT2D eigenvalue weighted by Crippen LogP contribution is 2.27. The van der Waals surface area contributed by atoms with E-state index in [1.807, 2.05) is 26.0 Å². The third-order valence-electron chi connectivity index (χ3n) is 2.72. The zero-order chi connectivity index (χ0) is 14.0. The van der Waals surface area contributed by atoms with Gasteiger partial charge in [-0.05, 0) is 41.5 Å². The zero-order valence-corrected chi connectivity index (χ0v) is 11.7. The van der Waals surface area contributed by atoms with Crippen molar-refractivity contribution in [2.75, 3.05) is 5.32 Å². The van der Waals surface area contributed by atoms with E-state index in [0.29, 0.717) is 16.5 Å². The molecule has 100 valence electrons. The van der Waals surface area contributed by atoms with Crippen LogP contribution in [0.5, 0.6) is 0 Å². The maximum Gasteiger partial charge on any atom is 0.232 e. The van der Waals surface area contributed by atoms with E-state index in [0.717, 1.165) is 11.1 Å². The molecule has 7 heteroatoms. The lowest BCUT2D eigenvalue weighted by molar-refractivity contribution is -0.115. The van der Waals surface area contributed by atoms with E-state index in [4.69, 9.17) is 11.6 Å². The van der Waals surface area contributed by atoms with Crippen molar-refractivity contribution in [1.82, 2.24) is 20.2 Å². The monoisotopic (exact) mass is 279 g/mol. The highest BCUT2D eigenvalue weighted by Gasteiger charge is 2.13. The molecule has 0 aliphatic rings. The Morgan fingerprint density at radius 3 is 2.74 bits per heavy atom. The summed E-state index contributed by atoms with van der Waals surface area (Å²) >= 11 is 6.13. The molecule has 0 atom stereocenters. The Morgan fingerprint density at radius 2 is 2.16 bits per heavy atom. The Kier molecular flexibility index (Phi) is 3.80. The summed E-state index contributed by atoms with van der Waals surface area (Å²) in [5.74, 6) is 0.296. The summed E-state index contributed by atoms with van der Waals surface area (Å²) in [6, 6.07) is 3.78. The van der Waals surface area contributed by atoms with Gasteiger partial charge in [-0.25, -0.2) is 4.68 Å². The predicted molar refractivity (Wildman–Crippen MR) is 72.1 cm³/mol. The normalized spacial score (nSPS) is 10.5. The molecule has 1 aromatic heterocycles. The number of amides is 1. The molecular formula is C12H14ClN5O. The van der Waals surface area contributed by atoms with Crippen LogP contribution in [0, 0.1) is 13.8 Å². The minimum absolute atomic E-state index is 0.104. The van der Waals surface area contributed by atoms with Gasteiger partial charge in [0.15, 0.2) is 5.82 Å². The summed E-state index contributed by atoms with van der Waals surface area (Å²) in [7, 11) is 1.69. The Labute approximate surface area is 115 Å². The lowest BCUT2D eigenvalue weighted by Crippen LogP contribution is -2.18. The van der Waals surface area contributed by atoms with Crippen molar-refractivity contribution in [2.24, 2.45) is 7.05 Å². The second-order valence-corrected chi connectivity index (χ2v) is 4.79. The van der Waals surface area contributed by atoms with Gasteiger partial charge >= 0.3 is 0 Å². The molecule has 19 heavy (non-hydrogen) atoms. The molecule has 2 rings (SSSR count). The molecule has 1 amide bonds. The van der Waals surface area contributed by atoms with Gasteiger partial charge in [0.1, 0.15) is 0 Å². The Morgan fingerprint density at radius 1 is 1.42 bits per heavy atom. The average molecular weight is 280 g/mol. The number of anilines is 1. The molecule has 0 spiro atoms. The first kappa shape index (κ1) is 13.5. The third kappa shape index (κ3) is 3.08. The highest BCUT2D eigenvalue weighted by molar-refractivity contribution is 6.34. The van der Waals surface area contributed by atoms with Crippen LogP contribution in [0.3, 0.4) is 0 Å². The number of rotatable bonds is 3. The van der Waals surface area contributed by atoms with E-state index in [-0.39, 0.29) is 12.3 Å². The van der Waals surface area contributed by atoms with Crippen LogP contribution in [0.2, 0.25) is 5.02 Å². The van der Waals surface area contributed by atoms with E-state index in [1.165, 1.54) is 4.68 Å². The molecule has 2 aromatic rings. The highest BCUT2D eigenvalue weighted by atomic mass is 35.5. The maximum absolute atomic E-state index is 11.9. The van der Waals surface area contributed by atoms with E-state index in [9.17, 15) is 4.79 Å². The van der Waals surface area contributed by atoms with E-state index in [2.05, 4.69) is 20.8 Å². The number of aryl methyl sites for hydroxylation is 3. The number of carbonyl (C=O) groups excluding carboxylic acids is 1. The molecule has 1 aromatic carbocycles. The topological polar surface area (TPSA) is 72.7 Å². The van der Waals surface area contributed by atoms with Crippen LogP contribution < -0.4 is 5.32 Å². The van der Waals surface area contributed by atoms with Gasteiger partial charge in [-0.15, -0.1) is 5.10 Å². The van der Waals surface area contributed by atoms with Gasteiger partial charge < -0.3 is 5.32 Å². The predicted octanol–water partition coefficient (Wildman–Crippen LogP) is 1.66. The lowest BCUT2D eigenvalue weighted by Gasteiger charge is -2.11.